The summed E-state index contributed by atoms with van der Waals surface area (Å²) in [4.78, 5) is 10.8. The molecule has 0 aliphatic rings. The van der Waals surface area contributed by atoms with Gasteiger partial charge in [-0.15, -0.1) is 0 Å². The first-order valence-corrected chi connectivity index (χ1v) is 5.90. The molecule has 94 valence electrons. The van der Waals surface area contributed by atoms with E-state index in [0.717, 1.165) is 29.9 Å². The van der Waals surface area contributed by atoms with Gasteiger partial charge in [0.25, 0.3) is 0 Å². The van der Waals surface area contributed by atoms with Crippen LogP contribution < -0.4 is 9.47 Å². The minimum absolute atomic E-state index is 0.234. The van der Waals surface area contributed by atoms with Crippen molar-refractivity contribution in [3.05, 3.63) is 23.8 Å². The van der Waals surface area contributed by atoms with Crippen LogP contribution in [0.15, 0.2) is 18.2 Å². The van der Waals surface area contributed by atoms with Gasteiger partial charge in [-0.1, -0.05) is 6.07 Å². The molecule has 1 aromatic carbocycles. The molecule has 0 spiro atoms. The van der Waals surface area contributed by atoms with Gasteiger partial charge in [0.1, 0.15) is 5.78 Å². The van der Waals surface area contributed by atoms with Crippen LogP contribution in [0.1, 0.15) is 31.7 Å². The van der Waals surface area contributed by atoms with Gasteiger partial charge in [-0.3, -0.25) is 0 Å². The number of benzene rings is 1. The third-order valence-corrected chi connectivity index (χ3v) is 2.50. The third-order valence-electron chi connectivity index (χ3n) is 2.50. The van der Waals surface area contributed by atoms with Crippen molar-refractivity contribution in [3.63, 3.8) is 0 Å². The first-order valence-electron chi connectivity index (χ1n) is 5.90. The van der Waals surface area contributed by atoms with Crippen LogP contribution in [0.5, 0.6) is 11.5 Å². The van der Waals surface area contributed by atoms with E-state index in [1.165, 1.54) is 0 Å². The van der Waals surface area contributed by atoms with Crippen LogP contribution >= 0.6 is 0 Å². The Kier molecular flexibility index (Phi) is 5.53. The van der Waals surface area contributed by atoms with Crippen molar-refractivity contribution >= 4 is 5.78 Å². The highest BCUT2D eigenvalue weighted by atomic mass is 16.5. The largest absolute Gasteiger partial charge is 0.493 e. The molecular formula is C14H20O3. The summed E-state index contributed by atoms with van der Waals surface area (Å²) in [6, 6.07) is 5.86. The van der Waals surface area contributed by atoms with E-state index in [-0.39, 0.29) is 5.78 Å². The fraction of sp³-hybridized carbons (Fsp3) is 0.500. The van der Waals surface area contributed by atoms with Crippen LogP contribution in [0.3, 0.4) is 0 Å². The number of carbonyl (C=O) groups excluding carboxylic acids is 1. The fourth-order valence-electron chi connectivity index (χ4n) is 1.55. The summed E-state index contributed by atoms with van der Waals surface area (Å²) in [7, 11) is 1.64. The lowest BCUT2D eigenvalue weighted by molar-refractivity contribution is -0.117. The van der Waals surface area contributed by atoms with Crippen LogP contribution in [0.4, 0.5) is 0 Å². The first-order chi connectivity index (χ1) is 8.13. The molecule has 0 unspecified atom stereocenters. The van der Waals surface area contributed by atoms with Crippen molar-refractivity contribution in [2.24, 2.45) is 0 Å². The molecule has 3 heteroatoms. The summed E-state index contributed by atoms with van der Waals surface area (Å²) < 4.78 is 10.9. The standard InChI is InChI=1S/C14H20O3/c1-11-7-8-13(14(10-11)16-3)17-9-5-4-6-12(2)15/h7-8,10H,4-6,9H2,1-3H3. The molecular weight excluding hydrogens is 216 g/mol. The van der Waals surface area contributed by atoms with Crippen molar-refractivity contribution in [1.82, 2.24) is 0 Å². The van der Waals surface area contributed by atoms with Crippen LogP contribution in [0, 0.1) is 6.92 Å². The molecule has 0 heterocycles. The van der Waals surface area contributed by atoms with Crippen LogP contribution in [0.25, 0.3) is 0 Å². The molecule has 3 nitrogen and oxygen atoms in total. The highest BCUT2D eigenvalue weighted by molar-refractivity contribution is 5.75. The van der Waals surface area contributed by atoms with E-state index in [4.69, 9.17) is 9.47 Å². The molecule has 0 N–H and O–H groups in total. The quantitative estimate of drug-likeness (QED) is 0.682. The van der Waals surface area contributed by atoms with E-state index in [9.17, 15) is 4.79 Å². The van der Waals surface area contributed by atoms with Gasteiger partial charge in [-0.25, -0.2) is 0 Å². The van der Waals surface area contributed by atoms with Gasteiger partial charge >= 0.3 is 0 Å². The molecule has 1 rings (SSSR count). The van der Waals surface area contributed by atoms with Crippen molar-refractivity contribution in [2.45, 2.75) is 33.1 Å². The Hall–Kier alpha value is -1.51. The van der Waals surface area contributed by atoms with E-state index in [1.807, 2.05) is 25.1 Å². The molecule has 0 bridgehead atoms. The lowest BCUT2D eigenvalue weighted by atomic mass is 10.2. The number of rotatable bonds is 7. The SMILES string of the molecule is COc1cc(C)ccc1OCCCCC(C)=O. The summed E-state index contributed by atoms with van der Waals surface area (Å²) in [5.41, 5.74) is 1.14. The molecule has 0 radical (unpaired) electrons. The summed E-state index contributed by atoms with van der Waals surface area (Å²) in [6.45, 7) is 4.25. The maximum absolute atomic E-state index is 10.8. The lowest BCUT2D eigenvalue weighted by Gasteiger charge is -2.10. The zero-order valence-corrected chi connectivity index (χ0v) is 10.8. The van der Waals surface area contributed by atoms with E-state index >= 15 is 0 Å². The van der Waals surface area contributed by atoms with Gasteiger partial charge < -0.3 is 14.3 Å². The second kappa shape index (κ2) is 6.94. The zero-order valence-electron chi connectivity index (χ0n) is 10.8. The molecule has 1 aromatic rings. The number of ketones is 1. The number of aryl methyl sites for hydroxylation is 1. The van der Waals surface area contributed by atoms with E-state index in [0.29, 0.717) is 13.0 Å². The predicted molar refractivity (Wildman–Crippen MR) is 67.8 cm³/mol. The predicted octanol–water partition coefficient (Wildman–Crippen LogP) is 3.14. The topological polar surface area (TPSA) is 35.5 Å². The zero-order chi connectivity index (χ0) is 12.7. The Labute approximate surface area is 103 Å². The highest BCUT2D eigenvalue weighted by Crippen LogP contribution is 2.27. The van der Waals surface area contributed by atoms with Crippen molar-refractivity contribution in [3.8, 4) is 11.5 Å². The summed E-state index contributed by atoms with van der Waals surface area (Å²) >= 11 is 0. The second-order valence-electron chi connectivity index (χ2n) is 4.16. The number of unbranched alkanes of at least 4 members (excludes halogenated alkanes) is 1. The van der Waals surface area contributed by atoms with Gasteiger partial charge in [0.15, 0.2) is 11.5 Å². The maximum Gasteiger partial charge on any atom is 0.161 e. The highest BCUT2D eigenvalue weighted by Gasteiger charge is 2.03. The lowest BCUT2D eigenvalue weighted by Crippen LogP contribution is -2.00. The molecule has 0 aliphatic heterocycles. The molecule has 17 heavy (non-hydrogen) atoms. The Morgan fingerprint density at radius 2 is 2.00 bits per heavy atom. The van der Waals surface area contributed by atoms with Crippen molar-refractivity contribution < 1.29 is 14.3 Å². The minimum atomic E-state index is 0.234. The second-order valence-corrected chi connectivity index (χ2v) is 4.16. The van der Waals surface area contributed by atoms with Gasteiger partial charge in [0.2, 0.25) is 0 Å². The Morgan fingerprint density at radius 3 is 2.65 bits per heavy atom. The Morgan fingerprint density at radius 1 is 1.24 bits per heavy atom. The molecule has 0 aliphatic carbocycles. The van der Waals surface area contributed by atoms with Gasteiger partial charge in [-0.05, 0) is 44.4 Å². The number of ether oxygens (including phenoxy) is 2. The Balaban J connectivity index is 2.38. The smallest absolute Gasteiger partial charge is 0.161 e. The van der Waals surface area contributed by atoms with E-state index < -0.39 is 0 Å². The van der Waals surface area contributed by atoms with Crippen molar-refractivity contribution in [2.75, 3.05) is 13.7 Å². The monoisotopic (exact) mass is 236 g/mol. The Bertz CT molecular complexity index is 372. The van der Waals surface area contributed by atoms with Crippen LogP contribution in [0.2, 0.25) is 0 Å². The molecule has 0 amide bonds. The van der Waals surface area contributed by atoms with Crippen LogP contribution in [-0.2, 0) is 4.79 Å². The number of hydrogen-bond acceptors (Lipinski definition) is 3. The van der Waals surface area contributed by atoms with Gasteiger partial charge in [0.05, 0.1) is 13.7 Å². The average Bonchev–Trinajstić information content (AvgIpc) is 2.29. The normalized spacial score (nSPS) is 10.1. The van der Waals surface area contributed by atoms with E-state index in [1.54, 1.807) is 14.0 Å². The van der Waals surface area contributed by atoms with E-state index in [2.05, 4.69) is 0 Å². The maximum atomic E-state index is 10.8. The summed E-state index contributed by atoms with van der Waals surface area (Å²) in [5, 5.41) is 0. The van der Waals surface area contributed by atoms with Gasteiger partial charge in [-0.2, -0.15) is 0 Å². The van der Waals surface area contributed by atoms with Gasteiger partial charge in [0, 0.05) is 6.42 Å². The first kappa shape index (κ1) is 13.6. The molecule has 0 saturated carbocycles. The summed E-state index contributed by atoms with van der Waals surface area (Å²) in [6.07, 6.45) is 2.40. The minimum Gasteiger partial charge on any atom is -0.493 e. The molecule has 0 fully saturated rings. The number of hydrogen-bond donors (Lipinski definition) is 0. The third kappa shape index (κ3) is 4.89. The molecule has 0 saturated heterocycles. The fourth-order valence-corrected chi connectivity index (χ4v) is 1.55. The number of methoxy groups -OCH3 is 1. The average molecular weight is 236 g/mol. The summed E-state index contributed by atoms with van der Waals surface area (Å²) in [5.74, 6) is 1.76. The number of Topliss-reactive ketones (excluding diaryl/α,β-unsaturated/α-hetero) is 1. The van der Waals surface area contributed by atoms with Crippen molar-refractivity contribution in [1.29, 1.82) is 0 Å². The van der Waals surface area contributed by atoms with Crippen LogP contribution in [-0.4, -0.2) is 19.5 Å². The number of carbonyl (C=O) groups is 1. The molecule has 0 atom stereocenters. The molecule has 0 aromatic heterocycles.